The highest BCUT2D eigenvalue weighted by Gasteiger charge is 2.24. The van der Waals surface area contributed by atoms with Gasteiger partial charge in [0.2, 0.25) is 0 Å². The molecule has 6 heterocycles. The molecule has 0 atom stereocenters. The van der Waals surface area contributed by atoms with Crippen LogP contribution in [0.15, 0.2) is 183 Å². The maximum Gasteiger partial charge on any atom is 0.197 e. The SMILES string of the molecule is [C-]#[N+]c1cc(-n2c3cc(-c4cnccn4)ccc3c3ccc(-c4ncccn4)cc32)c(-n2c3cc(-c4ncccn4)ccc3c3ccc(-c4ncccn4)cc32)cc1-c1cccc(C#N)c1. The van der Waals surface area contributed by atoms with Crippen molar-refractivity contribution in [3.63, 3.8) is 0 Å². The number of rotatable bonds is 7. The van der Waals surface area contributed by atoms with Crippen LogP contribution in [0.1, 0.15) is 5.56 Å². The number of hydrogen-bond acceptors (Lipinski definition) is 9. The minimum Gasteiger partial charge on any atom is -0.308 e. The van der Waals surface area contributed by atoms with Gasteiger partial charge in [-0.05, 0) is 77.9 Å². The van der Waals surface area contributed by atoms with E-state index in [0.717, 1.165) is 88.5 Å². The number of nitriles is 1. The molecule has 0 bridgehead atoms. The van der Waals surface area contributed by atoms with Crippen molar-refractivity contribution in [3.8, 4) is 74.0 Å². The van der Waals surface area contributed by atoms with E-state index < -0.39 is 0 Å². The largest absolute Gasteiger partial charge is 0.308 e. The van der Waals surface area contributed by atoms with Crippen molar-refractivity contribution < 1.29 is 0 Å². The number of fused-ring (bicyclic) bond motifs is 6. The van der Waals surface area contributed by atoms with Gasteiger partial charge in [-0.3, -0.25) is 9.97 Å². The molecule has 0 amide bonds. The second-order valence-corrected chi connectivity index (χ2v) is 15.6. The van der Waals surface area contributed by atoms with Gasteiger partial charge < -0.3 is 9.13 Å². The molecule has 0 aliphatic carbocycles. The maximum atomic E-state index is 10.0. The van der Waals surface area contributed by atoms with Gasteiger partial charge in [0.25, 0.3) is 0 Å². The highest BCUT2D eigenvalue weighted by molar-refractivity contribution is 6.14. The predicted octanol–water partition coefficient (Wildman–Crippen LogP) is 11.8. The van der Waals surface area contributed by atoms with Gasteiger partial charge in [0.05, 0.1) is 63.5 Å². The molecule has 0 saturated carbocycles. The van der Waals surface area contributed by atoms with E-state index in [4.69, 9.17) is 6.57 Å². The molecule has 66 heavy (non-hydrogen) atoms. The summed E-state index contributed by atoms with van der Waals surface area (Å²) in [5, 5.41) is 14.0. The van der Waals surface area contributed by atoms with Crippen LogP contribution in [0, 0.1) is 17.9 Å². The zero-order chi connectivity index (χ0) is 44.1. The van der Waals surface area contributed by atoms with Gasteiger partial charge in [-0.15, -0.1) is 0 Å². The summed E-state index contributed by atoms with van der Waals surface area (Å²) in [6, 6.07) is 44.3. The molecule has 0 spiro atoms. The second kappa shape index (κ2) is 15.5. The molecule has 0 aliphatic heterocycles. The van der Waals surface area contributed by atoms with Crippen LogP contribution in [0.5, 0.6) is 0 Å². The van der Waals surface area contributed by atoms with E-state index >= 15 is 0 Å². The summed E-state index contributed by atoms with van der Waals surface area (Å²) in [5.74, 6) is 1.75. The van der Waals surface area contributed by atoms with E-state index in [0.29, 0.717) is 34.3 Å². The summed E-state index contributed by atoms with van der Waals surface area (Å²) in [6.07, 6.45) is 15.5. The zero-order valence-corrected chi connectivity index (χ0v) is 34.7. The predicted molar refractivity (Wildman–Crippen MR) is 256 cm³/mol. The van der Waals surface area contributed by atoms with Crippen molar-refractivity contribution in [2.75, 3.05) is 0 Å². The lowest BCUT2D eigenvalue weighted by molar-refractivity contribution is 1.09. The van der Waals surface area contributed by atoms with Gasteiger partial charge in [0.1, 0.15) is 0 Å². The minimum atomic E-state index is 0.406. The molecule has 306 valence electrons. The van der Waals surface area contributed by atoms with Gasteiger partial charge in [-0.1, -0.05) is 60.7 Å². The van der Waals surface area contributed by atoms with E-state index in [1.807, 2.05) is 42.5 Å². The van der Waals surface area contributed by atoms with Gasteiger partial charge >= 0.3 is 0 Å². The van der Waals surface area contributed by atoms with Crippen LogP contribution in [0.4, 0.5) is 5.69 Å². The lowest BCUT2D eigenvalue weighted by Gasteiger charge is -2.20. The molecule has 12 nitrogen and oxygen atoms in total. The first-order chi connectivity index (χ1) is 32.6. The monoisotopic (exact) mass is 846 g/mol. The summed E-state index contributed by atoms with van der Waals surface area (Å²) in [4.78, 5) is 41.0. The molecule has 6 aromatic carbocycles. The molecule has 0 fully saturated rings. The smallest absolute Gasteiger partial charge is 0.197 e. The Morgan fingerprint density at radius 3 is 1.36 bits per heavy atom. The van der Waals surface area contributed by atoms with Crippen LogP contribution in [0.25, 0.3) is 116 Å². The van der Waals surface area contributed by atoms with E-state index in [1.165, 1.54) is 0 Å². The van der Waals surface area contributed by atoms with Crippen LogP contribution in [-0.4, -0.2) is 49.0 Å². The van der Waals surface area contributed by atoms with Gasteiger partial charge in [0, 0.05) is 93.4 Å². The lowest BCUT2D eigenvalue weighted by atomic mass is 9.99. The Morgan fingerprint density at radius 2 is 0.909 bits per heavy atom. The Hall–Kier alpha value is -9.78. The molecule has 0 radical (unpaired) electrons. The third-order valence-electron chi connectivity index (χ3n) is 11.9. The summed E-state index contributed by atoms with van der Waals surface area (Å²) < 4.78 is 4.47. The van der Waals surface area contributed by atoms with Crippen LogP contribution >= 0.6 is 0 Å². The normalized spacial score (nSPS) is 11.3. The quantitative estimate of drug-likeness (QED) is 0.143. The van der Waals surface area contributed by atoms with E-state index in [9.17, 15) is 5.26 Å². The summed E-state index contributed by atoms with van der Waals surface area (Å²) in [7, 11) is 0. The van der Waals surface area contributed by atoms with Crippen molar-refractivity contribution in [3.05, 3.63) is 200 Å². The van der Waals surface area contributed by atoms with E-state index in [-0.39, 0.29) is 0 Å². The molecule has 0 unspecified atom stereocenters. The number of hydrogen-bond donors (Lipinski definition) is 0. The Morgan fingerprint density at radius 1 is 0.439 bits per heavy atom. The molecular formula is C54H30N12. The number of benzene rings is 6. The average Bonchev–Trinajstić information content (AvgIpc) is 3.90. The maximum absolute atomic E-state index is 10.0. The third-order valence-corrected chi connectivity index (χ3v) is 11.9. The van der Waals surface area contributed by atoms with Crippen LogP contribution < -0.4 is 0 Å². The minimum absolute atomic E-state index is 0.406. The standard InChI is InChI=1S/C54H30N12/c1-56-44-30-51(66-46-25-35(45-32-57-22-23-58-45)8-12-39(46)40-13-9-38(28-49(40)66)54-63-20-5-21-64-54)50(29-43(44)34-7-2-6-33(24-34)31-55)65-47-26-36(52-59-16-3-17-60-52)10-14-41(47)42-15-11-37(27-48(42)65)53-61-18-4-19-62-53/h2-30,32H. The first-order valence-electron chi connectivity index (χ1n) is 21.0. The summed E-state index contributed by atoms with van der Waals surface area (Å²) in [6.45, 7) is 8.71. The molecule has 0 aliphatic rings. The molecular weight excluding hydrogens is 817 g/mol. The molecule has 12 rings (SSSR count). The van der Waals surface area contributed by atoms with Crippen molar-refractivity contribution in [2.45, 2.75) is 0 Å². The fourth-order valence-electron chi connectivity index (χ4n) is 8.93. The van der Waals surface area contributed by atoms with E-state index in [1.54, 1.807) is 80.0 Å². The van der Waals surface area contributed by atoms with Crippen LogP contribution in [-0.2, 0) is 0 Å². The topological polar surface area (TPSA) is 141 Å². The molecule has 6 aromatic heterocycles. The number of nitrogens with zero attached hydrogens (tertiary/aromatic N) is 12. The lowest BCUT2D eigenvalue weighted by Crippen LogP contribution is -2.05. The van der Waals surface area contributed by atoms with Crippen LogP contribution in [0.2, 0.25) is 0 Å². The molecule has 0 N–H and O–H groups in total. The molecule has 0 saturated heterocycles. The van der Waals surface area contributed by atoms with Crippen molar-refractivity contribution in [1.29, 1.82) is 5.26 Å². The Labute approximate surface area is 376 Å². The molecule has 12 aromatic rings. The van der Waals surface area contributed by atoms with Crippen molar-refractivity contribution >= 4 is 49.3 Å². The van der Waals surface area contributed by atoms with Gasteiger partial charge in [0.15, 0.2) is 23.2 Å². The second-order valence-electron chi connectivity index (χ2n) is 15.6. The Balaban J connectivity index is 1.26. The van der Waals surface area contributed by atoms with Crippen LogP contribution in [0.3, 0.4) is 0 Å². The zero-order valence-electron chi connectivity index (χ0n) is 34.7. The Bertz CT molecular complexity index is 3750. The first kappa shape index (κ1) is 37.9. The fraction of sp³-hybridized carbons (Fsp3) is 0. The van der Waals surface area contributed by atoms with Gasteiger partial charge in [-0.25, -0.2) is 34.7 Å². The number of aromatic nitrogens is 10. The van der Waals surface area contributed by atoms with Crippen molar-refractivity contribution in [2.24, 2.45) is 0 Å². The summed E-state index contributed by atoms with van der Waals surface area (Å²) in [5.41, 5.74) is 11.4. The third kappa shape index (κ3) is 6.29. The van der Waals surface area contributed by atoms with Crippen molar-refractivity contribution in [1.82, 2.24) is 49.0 Å². The highest BCUT2D eigenvalue weighted by Crippen LogP contribution is 2.45. The van der Waals surface area contributed by atoms with Gasteiger partial charge in [-0.2, -0.15) is 5.26 Å². The highest BCUT2D eigenvalue weighted by atomic mass is 15.1. The van der Waals surface area contributed by atoms with E-state index in [2.05, 4.69) is 121 Å². The first-order valence-corrected chi connectivity index (χ1v) is 21.0. The fourth-order valence-corrected chi connectivity index (χ4v) is 8.93. The average molecular weight is 847 g/mol. The summed E-state index contributed by atoms with van der Waals surface area (Å²) >= 11 is 0. The Kier molecular flexibility index (Phi) is 8.93. The molecule has 12 heteroatoms.